The maximum absolute atomic E-state index is 11.8. The number of hydrogen-bond acceptors (Lipinski definition) is 13. The van der Waals surface area contributed by atoms with Crippen molar-refractivity contribution >= 4 is 71.1 Å². The Morgan fingerprint density at radius 1 is 0.895 bits per heavy atom. The Bertz CT molecular complexity index is 2240. The molecule has 2 heterocycles. The average molecular weight is 914 g/mol. The molecule has 0 amide bonds. The van der Waals surface area contributed by atoms with Gasteiger partial charge in [0, 0.05) is 63.2 Å². The van der Waals surface area contributed by atoms with Crippen LogP contribution < -0.4 is 98.8 Å². The third kappa shape index (κ3) is 15.2. The number of fused-ring (bicyclic) bond motifs is 2. The first kappa shape index (κ1) is 55.1. The Kier molecular flexibility index (Phi) is 22.2. The van der Waals surface area contributed by atoms with E-state index in [1.807, 2.05) is 50.5 Å². The van der Waals surface area contributed by atoms with Crippen LogP contribution >= 0.6 is 23.6 Å². The molecule has 22 heteroatoms. The van der Waals surface area contributed by atoms with Crippen LogP contribution in [0.4, 0.5) is 11.4 Å². The number of allylic oxidation sites excluding steroid dienone is 8. The molecule has 0 aromatic heterocycles. The Balaban J connectivity index is 0.00000541. The van der Waals surface area contributed by atoms with Crippen molar-refractivity contribution in [1.82, 2.24) is 0 Å². The molecule has 4 rings (SSSR count). The summed E-state index contributed by atoms with van der Waals surface area (Å²) < 4.78 is 107. The molecule has 2 aromatic carbocycles. The topological polar surface area (TPSA) is 217 Å². The van der Waals surface area contributed by atoms with Crippen LogP contribution in [0, 0.1) is 0 Å². The van der Waals surface area contributed by atoms with Crippen molar-refractivity contribution in [3.05, 3.63) is 94.7 Å². The van der Waals surface area contributed by atoms with Crippen LogP contribution in [0.5, 0.6) is 0 Å². The molecule has 57 heavy (non-hydrogen) atoms. The number of nitrogens with zero attached hydrogens (tertiary/aromatic N) is 2. The minimum absolute atomic E-state index is 0. The predicted octanol–water partition coefficient (Wildman–Crippen LogP) is -3.88. The molecule has 0 saturated heterocycles. The van der Waals surface area contributed by atoms with Gasteiger partial charge >= 0.3 is 88.7 Å². The van der Waals surface area contributed by atoms with Crippen LogP contribution in [-0.4, -0.2) is 73.8 Å². The van der Waals surface area contributed by atoms with Crippen molar-refractivity contribution in [2.45, 2.75) is 74.0 Å². The second-order valence-corrected chi connectivity index (χ2v) is 19.4. The van der Waals surface area contributed by atoms with E-state index in [-0.39, 0.29) is 112 Å². The number of rotatable bonds is 18. The monoisotopic (exact) mass is 913 g/mol. The number of halogens is 1. The SMILES string of the molecule is CC1(C)C(C=CC(Cl)=CC=C/C=C2/N(CCCCS(=O)(=O)O)c3ccc(SOO[O-])cc3C2(C)C)=[N+](CCCCS(=O)(=O)[O-])c2ccc(S(=O)(=O)[O-])cc21.[Na+].[Na+].[Na+]. The molecule has 2 aliphatic heterocycles. The molecule has 14 nitrogen and oxygen atoms in total. The van der Waals surface area contributed by atoms with E-state index in [2.05, 4.69) is 14.3 Å². The maximum atomic E-state index is 11.8. The van der Waals surface area contributed by atoms with Gasteiger partial charge in [-0.25, -0.2) is 16.8 Å². The van der Waals surface area contributed by atoms with Gasteiger partial charge in [0.05, 0.1) is 38.2 Å². The van der Waals surface area contributed by atoms with E-state index >= 15 is 0 Å². The van der Waals surface area contributed by atoms with E-state index in [1.165, 1.54) is 18.2 Å². The summed E-state index contributed by atoms with van der Waals surface area (Å²) in [5.74, 6) is -0.876. The summed E-state index contributed by atoms with van der Waals surface area (Å²) in [6, 6.07) is 9.63. The predicted molar refractivity (Wildman–Crippen MR) is 202 cm³/mol. The Morgan fingerprint density at radius 2 is 1.56 bits per heavy atom. The van der Waals surface area contributed by atoms with Crippen molar-refractivity contribution in [1.29, 1.82) is 0 Å². The van der Waals surface area contributed by atoms with Crippen molar-refractivity contribution in [3.63, 3.8) is 0 Å². The summed E-state index contributed by atoms with van der Waals surface area (Å²) in [4.78, 5) is 2.33. The first-order valence-corrected chi connectivity index (χ1v) is 22.4. The Morgan fingerprint density at radius 3 is 2.18 bits per heavy atom. The van der Waals surface area contributed by atoms with Gasteiger partial charge in [-0.15, -0.1) is 0 Å². The molecule has 0 aliphatic carbocycles. The Labute approximate surface area is 411 Å². The van der Waals surface area contributed by atoms with Crippen LogP contribution in [0.3, 0.4) is 0 Å². The first-order valence-electron chi connectivity index (χ1n) is 16.7. The number of unbranched alkanes of at least 4 members (excludes halogenated alkanes) is 2. The minimum atomic E-state index is -4.73. The van der Waals surface area contributed by atoms with Crippen molar-refractivity contribution in [3.8, 4) is 0 Å². The normalized spacial score (nSPS) is 17.1. The minimum Gasteiger partial charge on any atom is -0.748 e. The van der Waals surface area contributed by atoms with Crippen LogP contribution in [0.25, 0.3) is 0 Å². The van der Waals surface area contributed by atoms with E-state index in [1.54, 1.807) is 36.4 Å². The largest absolute Gasteiger partial charge is 1.00 e. The zero-order valence-electron chi connectivity index (χ0n) is 32.9. The Hall–Kier alpha value is 0.120. The summed E-state index contributed by atoms with van der Waals surface area (Å²) in [6.45, 7) is 8.54. The zero-order valence-corrected chi connectivity index (χ0v) is 43.0. The average Bonchev–Trinajstić information content (AvgIpc) is 3.41. The van der Waals surface area contributed by atoms with Gasteiger partial charge in [0.25, 0.3) is 10.1 Å². The van der Waals surface area contributed by atoms with Crippen molar-refractivity contribution in [2.75, 3.05) is 29.5 Å². The first-order chi connectivity index (χ1) is 25.1. The molecule has 0 fully saturated rings. The standard InChI is InChI=1S/C35H43ClN2O12S4.3Na/c1-34(2)28-23-26(51-50-49-39)14-16-30(28)37(19-7-9-21-52(40,41)42)32(34)12-6-5-11-25(36)13-18-33-35(3,4)29-24-27(54(46,47)48)15-17-31(29)38(33)20-8-10-22-53(43,44)45;;;/h5-6,11-18,23-24H,7-10,19-22H2,1-4H3,(H3-,39,40,41,42,43,44,45,46,47,48);;;/q;3*+1/p-2. The summed E-state index contributed by atoms with van der Waals surface area (Å²) in [6.07, 6.45) is 11.7. The molecule has 296 valence electrons. The van der Waals surface area contributed by atoms with Crippen molar-refractivity contribution in [2.24, 2.45) is 0 Å². The van der Waals surface area contributed by atoms with Gasteiger partial charge in [-0.05, 0) is 87.2 Å². The summed E-state index contributed by atoms with van der Waals surface area (Å²) >= 11 is 7.40. The van der Waals surface area contributed by atoms with E-state index in [4.69, 9.17) is 11.6 Å². The quantitative estimate of drug-likeness (QED) is 0.0222. The van der Waals surface area contributed by atoms with E-state index < -0.39 is 46.9 Å². The van der Waals surface area contributed by atoms with Gasteiger partial charge in [-0.1, -0.05) is 37.6 Å². The fraction of sp³-hybridized carbons (Fsp3) is 0.400. The summed E-state index contributed by atoms with van der Waals surface area (Å²) in [5, 5.41) is 14.2. The number of anilines is 1. The fourth-order valence-electron chi connectivity index (χ4n) is 6.66. The van der Waals surface area contributed by atoms with E-state index in [0.717, 1.165) is 29.0 Å². The number of benzene rings is 2. The van der Waals surface area contributed by atoms with Gasteiger partial charge in [0.15, 0.2) is 5.71 Å². The molecule has 2 aliphatic rings. The van der Waals surface area contributed by atoms with Gasteiger partial charge in [0.2, 0.25) is 5.69 Å². The molecule has 1 N–H and O–H groups in total. The van der Waals surface area contributed by atoms with Gasteiger partial charge in [-0.2, -0.15) is 17.3 Å². The third-order valence-electron chi connectivity index (χ3n) is 9.25. The second kappa shape index (κ2) is 23.0. The van der Waals surface area contributed by atoms with Gasteiger partial charge < -0.3 is 19.3 Å². The molecule has 2 aromatic rings. The van der Waals surface area contributed by atoms with Crippen LogP contribution in [0.2, 0.25) is 0 Å². The maximum Gasteiger partial charge on any atom is 1.00 e. The molecule has 0 atom stereocenters. The fourth-order valence-corrected chi connectivity index (χ4v) is 8.82. The zero-order chi connectivity index (χ0) is 40.1. The van der Waals surface area contributed by atoms with E-state index in [9.17, 15) is 44.2 Å². The summed E-state index contributed by atoms with van der Waals surface area (Å²) in [5.41, 5.74) is 3.33. The summed E-state index contributed by atoms with van der Waals surface area (Å²) in [7, 11) is -13.2. The molecule has 0 bridgehead atoms. The molecular weight excluding hydrogens is 873 g/mol. The third-order valence-corrected chi connectivity index (χ3v) is 12.5. The molecular formula is C35H41ClN2Na3O12S4+. The molecule has 0 radical (unpaired) electrons. The van der Waals surface area contributed by atoms with Gasteiger partial charge in [-0.3, -0.25) is 9.59 Å². The van der Waals surface area contributed by atoms with Gasteiger partial charge in [0.1, 0.15) is 16.7 Å². The number of hydrogen-bond donors (Lipinski definition) is 1. The molecule has 0 unspecified atom stereocenters. The molecule has 0 spiro atoms. The molecule has 0 saturated carbocycles. The van der Waals surface area contributed by atoms with Crippen LogP contribution in [-0.2, 0) is 50.6 Å². The second-order valence-electron chi connectivity index (χ2n) is 13.8. The van der Waals surface area contributed by atoms with Crippen LogP contribution in [0.1, 0.15) is 64.5 Å². The van der Waals surface area contributed by atoms with Crippen LogP contribution in [0.15, 0.2) is 93.4 Å². The van der Waals surface area contributed by atoms with Crippen molar-refractivity contribution < 1.29 is 147 Å². The van der Waals surface area contributed by atoms with E-state index in [0.29, 0.717) is 52.8 Å². The smallest absolute Gasteiger partial charge is 0.748 e.